The van der Waals surface area contributed by atoms with Crippen LogP contribution < -0.4 is 15.2 Å². The van der Waals surface area contributed by atoms with Crippen LogP contribution in [0.25, 0.3) is 0 Å². The van der Waals surface area contributed by atoms with Crippen molar-refractivity contribution in [3.8, 4) is 11.5 Å². The minimum Gasteiger partial charge on any atom is -0.454 e. The van der Waals surface area contributed by atoms with E-state index in [1.165, 1.54) is 12.8 Å². The van der Waals surface area contributed by atoms with Gasteiger partial charge in [-0.1, -0.05) is 12.8 Å². The van der Waals surface area contributed by atoms with Gasteiger partial charge in [-0.15, -0.1) is 0 Å². The van der Waals surface area contributed by atoms with Gasteiger partial charge in [0, 0.05) is 18.2 Å². The van der Waals surface area contributed by atoms with Gasteiger partial charge in [0.1, 0.15) is 0 Å². The quantitative estimate of drug-likeness (QED) is 0.902. The Kier molecular flexibility index (Phi) is 4.29. The fourth-order valence-corrected chi connectivity index (χ4v) is 3.12. The highest BCUT2D eigenvalue weighted by molar-refractivity contribution is 5.95. The van der Waals surface area contributed by atoms with Crippen molar-refractivity contribution in [1.82, 2.24) is 4.90 Å². The van der Waals surface area contributed by atoms with Gasteiger partial charge in [-0.3, -0.25) is 4.79 Å². The highest BCUT2D eigenvalue weighted by Crippen LogP contribution is 2.33. The fourth-order valence-electron chi connectivity index (χ4n) is 3.12. The molecule has 0 saturated heterocycles. The van der Waals surface area contributed by atoms with Gasteiger partial charge in [0.25, 0.3) is 5.91 Å². The molecule has 0 aromatic heterocycles. The Bertz CT molecular complexity index is 512. The lowest BCUT2D eigenvalue weighted by Crippen LogP contribution is -2.40. The molecule has 1 aliphatic heterocycles. The van der Waals surface area contributed by atoms with Crippen molar-refractivity contribution in [3.63, 3.8) is 0 Å². The maximum absolute atomic E-state index is 12.8. The summed E-state index contributed by atoms with van der Waals surface area (Å²) in [6.45, 7) is 1.57. The second-order valence-corrected chi connectivity index (χ2v) is 5.65. The number of carbonyl (C=O) groups excluding carboxylic acids is 1. The van der Waals surface area contributed by atoms with E-state index in [0.717, 1.165) is 25.8 Å². The molecule has 0 bridgehead atoms. The van der Waals surface area contributed by atoms with Crippen LogP contribution in [-0.4, -0.2) is 36.7 Å². The highest BCUT2D eigenvalue weighted by Gasteiger charge is 2.28. The Hall–Kier alpha value is -1.75. The zero-order chi connectivity index (χ0) is 14.7. The first kappa shape index (κ1) is 14.2. The van der Waals surface area contributed by atoms with Crippen molar-refractivity contribution in [2.75, 3.05) is 19.9 Å². The molecule has 2 N–H and O–H groups in total. The van der Waals surface area contributed by atoms with E-state index in [2.05, 4.69) is 0 Å². The molecular formula is C16H22N2O3. The summed E-state index contributed by atoms with van der Waals surface area (Å²) in [5, 5.41) is 0. The first-order valence-corrected chi connectivity index (χ1v) is 7.70. The summed E-state index contributed by atoms with van der Waals surface area (Å²) in [4.78, 5) is 14.8. The van der Waals surface area contributed by atoms with E-state index in [1.54, 1.807) is 6.07 Å². The summed E-state index contributed by atoms with van der Waals surface area (Å²) >= 11 is 0. The fraction of sp³-hybridized carbons (Fsp3) is 0.562. The molecule has 114 valence electrons. The molecule has 1 saturated carbocycles. The summed E-state index contributed by atoms with van der Waals surface area (Å²) < 4.78 is 10.7. The second-order valence-electron chi connectivity index (χ2n) is 5.65. The van der Waals surface area contributed by atoms with Crippen LogP contribution in [0, 0.1) is 0 Å². The lowest BCUT2D eigenvalue weighted by molar-refractivity contribution is 0.0680. The van der Waals surface area contributed by atoms with Gasteiger partial charge >= 0.3 is 0 Å². The van der Waals surface area contributed by atoms with E-state index in [9.17, 15) is 4.79 Å². The molecule has 1 aliphatic carbocycles. The second kappa shape index (κ2) is 6.35. The van der Waals surface area contributed by atoms with E-state index in [0.29, 0.717) is 29.6 Å². The van der Waals surface area contributed by atoms with Crippen molar-refractivity contribution in [1.29, 1.82) is 0 Å². The molecule has 0 spiro atoms. The summed E-state index contributed by atoms with van der Waals surface area (Å²) in [5.41, 5.74) is 6.28. The van der Waals surface area contributed by atoms with Crippen molar-refractivity contribution in [2.24, 2.45) is 5.73 Å². The number of nitrogens with two attached hydrogens (primary N) is 1. The van der Waals surface area contributed by atoms with Gasteiger partial charge in [-0.2, -0.15) is 0 Å². The molecule has 1 aromatic carbocycles. The van der Waals surface area contributed by atoms with Crippen LogP contribution >= 0.6 is 0 Å². The lowest BCUT2D eigenvalue weighted by Gasteiger charge is -2.29. The van der Waals surface area contributed by atoms with Crippen LogP contribution in [-0.2, 0) is 0 Å². The molecule has 21 heavy (non-hydrogen) atoms. The van der Waals surface area contributed by atoms with Crippen LogP contribution in [0.2, 0.25) is 0 Å². The molecule has 5 heteroatoms. The van der Waals surface area contributed by atoms with E-state index in [1.807, 2.05) is 17.0 Å². The molecule has 1 fully saturated rings. The number of benzene rings is 1. The SMILES string of the molecule is NCCCN(C(=O)c1ccc2c(c1)OCO2)C1CCCC1. The van der Waals surface area contributed by atoms with Crippen molar-refractivity contribution in [2.45, 2.75) is 38.1 Å². The van der Waals surface area contributed by atoms with Crippen LogP contribution in [0.5, 0.6) is 11.5 Å². The predicted octanol–water partition coefficient (Wildman–Crippen LogP) is 2.15. The number of hydrogen-bond acceptors (Lipinski definition) is 4. The predicted molar refractivity (Wildman–Crippen MR) is 79.5 cm³/mol. The number of nitrogens with zero attached hydrogens (tertiary/aromatic N) is 1. The number of amides is 1. The van der Waals surface area contributed by atoms with Gasteiger partial charge in [0.15, 0.2) is 11.5 Å². The molecule has 1 aromatic rings. The third kappa shape index (κ3) is 2.97. The van der Waals surface area contributed by atoms with Crippen LogP contribution in [0.3, 0.4) is 0 Å². The smallest absolute Gasteiger partial charge is 0.254 e. The largest absolute Gasteiger partial charge is 0.454 e. The molecule has 0 unspecified atom stereocenters. The number of carbonyl (C=O) groups is 1. The average Bonchev–Trinajstić information content (AvgIpc) is 3.18. The number of rotatable bonds is 5. The molecular weight excluding hydrogens is 268 g/mol. The lowest BCUT2D eigenvalue weighted by atomic mass is 10.1. The highest BCUT2D eigenvalue weighted by atomic mass is 16.7. The van der Waals surface area contributed by atoms with E-state index in [-0.39, 0.29) is 12.7 Å². The number of ether oxygens (including phenoxy) is 2. The molecule has 2 aliphatic rings. The maximum atomic E-state index is 12.8. The average molecular weight is 290 g/mol. The van der Waals surface area contributed by atoms with Crippen molar-refractivity contribution >= 4 is 5.91 Å². The topological polar surface area (TPSA) is 64.8 Å². The monoisotopic (exact) mass is 290 g/mol. The van der Waals surface area contributed by atoms with Gasteiger partial charge in [-0.05, 0) is 44.0 Å². The van der Waals surface area contributed by atoms with Crippen molar-refractivity contribution < 1.29 is 14.3 Å². The van der Waals surface area contributed by atoms with E-state index >= 15 is 0 Å². The van der Waals surface area contributed by atoms with Gasteiger partial charge in [-0.25, -0.2) is 0 Å². The normalized spacial score (nSPS) is 17.2. The summed E-state index contributed by atoms with van der Waals surface area (Å²) in [6, 6.07) is 5.77. The third-order valence-corrected chi connectivity index (χ3v) is 4.25. The summed E-state index contributed by atoms with van der Waals surface area (Å²) in [6.07, 6.45) is 5.45. The minimum atomic E-state index is 0.0775. The minimum absolute atomic E-state index is 0.0775. The Morgan fingerprint density at radius 3 is 2.76 bits per heavy atom. The molecule has 3 rings (SSSR count). The van der Waals surface area contributed by atoms with Gasteiger partial charge in [0.2, 0.25) is 6.79 Å². The zero-order valence-electron chi connectivity index (χ0n) is 12.2. The molecule has 1 heterocycles. The summed E-state index contributed by atoms with van der Waals surface area (Å²) in [7, 11) is 0. The zero-order valence-corrected chi connectivity index (χ0v) is 12.2. The van der Waals surface area contributed by atoms with Crippen molar-refractivity contribution in [3.05, 3.63) is 23.8 Å². The number of fused-ring (bicyclic) bond motifs is 1. The Morgan fingerprint density at radius 1 is 1.24 bits per heavy atom. The van der Waals surface area contributed by atoms with Crippen LogP contribution in [0.15, 0.2) is 18.2 Å². The van der Waals surface area contributed by atoms with E-state index < -0.39 is 0 Å². The van der Waals surface area contributed by atoms with Crippen LogP contribution in [0.1, 0.15) is 42.5 Å². The Labute approximate surface area is 125 Å². The van der Waals surface area contributed by atoms with E-state index in [4.69, 9.17) is 15.2 Å². The van der Waals surface area contributed by atoms with Gasteiger partial charge < -0.3 is 20.1 Å². The molecule has 0 atom stereocenters. The standard InChI is InChI=1S/C16H22N2O3/c17-8-3-9-18(13-4-1-2-5-13)16(19)12-6-7-14-15(10-12)21-11-20-14/h6-7,10,13H,1-5,8-9,11,17H2. The Balaban J connectivity index is 1.79. The van der Waals surface area contributed by atoms with Crippen LogP contribution in [0.4, 0.5) is 0 Å². The first-order chi connectivity index (χ1) is 10.3. The summed E-state index contributed by atoms with van der Waals surface area (Å²) in [5.74, 6) is 1.45. The Morgan fingerprint density at radius 2 is 2.00 bits per heavy atom. The first-order valence-electron chi connectivity index (χ1n) is 7.70. The van der Waals surface area contributed by atoms with Gasteiger partial charge in [0.05, 0.1) is 0 Å². The maximum Gasteiger partial charge on any atom is 0.254 e. The third-order valence-electron chi connectivity index (χ3n) is 4.25. The molecule has 1 amide bonds. The molecule has 5 nitrogen and oxygen atoms in total. The molecule has 0 radical (unpaired) electrons. The number of hydrogen-bond donors (Lipinski definition) is 1.